The average Bonchev–Trinajstić information content (AvgIpc) is 2.68. The molecule has 1 saturated heterocycles. The second kappa shape index (κ2) is 8.32. The summed E-state index contributed by atoms with van der Waals surface area (Å²) in [6, 6.07) is 12.5. The number of amides is 1. The minimum Gasteiger partial charge on any atom is -0.495 e. The zero-order valence-electron chi connectivity index (χ0n) is 16.4. The number of carbonyl (C=O) groups is 1. The molecular formula is C21H26N2O4S. The third kappa shape index (κ3) is 4.36. The van der Waals surface area contributed by atoms with Crippen LogP contribution in [-0.2, 0) is 14.8 Å². The lowest BCUT2D eigenvalue weighted by Crippen LogP contribution is -2.41. The van der Waals surface area contributed by atoms with Crippen molar-refractivity contribution < 1.29 is 17.9 Å². The number of aryl methyl sites for hydroxylation is 2. The molecule has 0 atom stereocenters. The van der Waals surface area contributed by atoms with Gasteiger partial charge in [-0.1, -0.05) is 23.8 Å². The normalized spacial score (nSPS) is 16.0. The second-order valence-electron chi connectivity index (χ2n) is 7.18. The van der Waals surface area contributed by atoms with Crippen LogP contribution in [0.1, 0.15) is 24.0 Å². The zero-order chi connectivity index (χ0) is 20.3. The molecular weight excluding hydrogens is 376 g/mol. The summed E-state index contributed by atoms with van der Waals surface area (Å²) in [4.78, 5) is 13.0. The molecule has 7 heteroatoms. The Kier molecular flexibility index (Phi) is 6.05. The van der Waals surface area contributed by atoms with Crippen LogP contribution in [0.3, 0.4) is 0 Å². The van der Waals surface area contributed by atoms with Gasteiger partial charge in [-0.15, -0.1) is 0 Å². The smallest absolute Gasteiger partial charge is 0.243 e. The van der Waals surface area contributed by atoms with E-state index < -0.39 is 10.0 Å². The first-order valence-corrected chi connectivity index (χ1v) is 10.8. The molecule has 1 fully saturated rings. The van der Waals surface area contributed by atoms with Gasteiger partial charge in [0.1, 0.15) is 5.75 Å². The van der Waals surface area contributed by atoms with Gasteiger partial charge in [0, 0.05) is 19.0 Å². The van der Waals surface area contributed by atoms with Crippen molar-refractivity contribution in [3.8, 4) is 5.75 Å². The number of hydrogen-bond donors (Lipinski definition) is 1. The van der Waals surface area contributed by atoms with Crippen LogP contribution in [0.15, 0.2) is 47.4 Å². The summed E-state index contributed by atoms with van der Waals surface area (Å²) < 4.78 is 32.4. The van der Waals surface area contributed by atoms with Gasteiger partial charge in [-0.25, -0.2) is 8.42 Å². The van der Waals surface area contributed by atoms with Crippen LogP contribution in [0.2, 0.25) is 0 Å². The van der Waals surface area contributed by atoms with Gasteiger partial charge in [-0.3, -0.25) is 4.79 Å². The molecule has 0 unspecified atom stereocenters. The molecule has 1 amide bonds. The lowest BCUT2D eigenvalue weighted by Gasteiger charge is -2.30. The molecule has 1 heterocycles. The van der Waals surface area contributed by atoms with E-state index >= 15 is 0 Å². The van der Waals surface area contributed by atoms with E-state index in [1.54, 1.807) is 31.4 Å². The zero-order valence-corrected chi connectivity index (χ0v) is 17.3. The highest BCUT2D eigenvalue weighted by molar-refractivity contribution is 7.89. The van der Waals surface area contributed by atoms with Crippen molar-refractivity contribution in [3.05, 3.63) is 53.6 Å². The molecule has 2 aromatic carbocycles. The Morgan fingerprint density at radius 3 is 2.25 bits per heavy atom. The summed E-state index contributed by atoms with van der Waals surface area (Å²) in [5.41, 5.74) is 2.68. The Morgan fingerprint density at radius 2 is 1.64 bits per heavy atom. The molecule has 0 aliphatic carbocycles. The summed E-state index contributed by atoms with van der Waals surface area (Å²) >= 11 is 0. The van der Waals surface area contributed by atoms with Crippen molar-refractivity contribution in [1.82, 2.24) is 4.31 Å². The highest BCUT2D eigenvalue weighted by atomic mass is 32.2. The number of carbonyl (C=O) groups excluding carboxylic acids is 1. The highest BCUT2D eigenvalue weighted by Crippen LogP contribution is 2.28. The maximum atomic E-state index is 12.8. The minimum atomic E-state index is -3.52. The highest BCUT2D eigenvalue weighted by Gasteiger charge is 2.32. The van der Waals surface area contributed by atoms with E-state index in [2.05, 4.69) is 5.32 Å². The van der Waals surface area contributed by atoms with Crippen LogP contribution in [0.25, 0.3) is 0 Å². The summed E-state index contributed by atoms with van der Waals surface area (Å²) in [7, 11) is -1.96. The molecule has 2 aromatic rings. The van der Waals surface area contributed by atoms with Crippen molar-refractivity contribution >= 4 is 21.6 Å². The summed E-state index contributed by atoms with van der Waals surface area (Å²) in [5.74, 6) is 0.282. The lowest BCUT2D eigenvalue weighted by molar-refractivity contribution is -0.120. The summed E-state index contributed by atoms with van der Waals surface area (Å²) in [5, 5.41) is 2.93. The summed E-state index contributed by atoms with van der Waals surface area (Å²) in [6.45, 7) is 4.53. The number of methoxy groups -OCH3 is 1. The first-order chi connectivity index (χ1) is 13.3. The van der Waals surface area contributed by atoms with E-state index in [0.717, 1.165) is 11.1 Å². The molecule has 28 heavy (non-hydrogen) atoms. The van der Waals surface area contributed by atoms with Crippen molar-refractivity contribution in [2.24, 2.45) is 5.92 Å². The number of hydrogen-bond acceptors (Lipinski definition) is 4. The van der Waals surface area contributed by atoms with E-state index in [9.17, 15) is 13.2 Å². The standard InChI is InChI=1S/C21H26N2O4S/c1-15-4-7-18(8-5-15)28(25,26)23-12-10-17(11-13-23)21(24)22-19-14-16(2)6-9-20(19)27-3/h4-9,14,17H,10-13H2,1-3H3,(H,22,24). The van der Waals surface area contributed by atoms with Gasteiger partial charge >= 0.3 is 0 Å². The maximum Gasteiger partial charge on any atom is 0.243 e. The fourth-order valence-electron chi connectivity index (χ4n) is 3.37. The van der Waals surface area contributed by atoms with E-state index in [4.69, 9.17) is 4.74 Å². The monoisotopic (exact) mass is 402 g/mol. The molecule has 0 bridgehead atoms. The Balaban J connectivity index is 1.64. The van der Waals surface area contributed by atoms with E-state index in [1.807, 2.05) is 32.0 Å². The van der Waals surface area contributed by atoms with Crippen LogP contribution >= 0.6 is 0 Å². The molecule has 3 rings (SSSR count). The number of sulfonamides is 1. The number of rotatable bonds is 5. The van der Waals surface area contributed by atoms with Gasteiger partial charge in [0.25, 0.3) is 0 Å². The van der Waals surface area contributed by atoms with Crippen molar-refractivity contribution in [1.29, 1.82) is 0 Å². The molecule has 0 saturated carbocycles. The van der Waals surface area contributed by atoms with Crippen molar-refractivity contribution in [2.45, 2.75) is 31.6 Å². The number of benzene rings is 2. The molecule has 1 aliphatic heterocycles. The van der Waals surface area contributed by atoms with E-state index in [0.29, 0.717) is 42.3 Å². The quantitative estimate of drug-likeness (QED) is 0.832. The molecule has 0 radical (unpaired) electrons. The van der Waals surface area contributed by atoms with E-state index in [1.165, 1.54) is 4.31 Å². The van der Waals surface area contributed by atoms with Crippen LogP contribution in [-0.4, -0.2) is 38.8 Å². The topological polar surface area (TPSA) is 75.7 Å². The predicted octanol–water partition coefficient (Wildman–Crippen LogP) is 3.35. The Hall–Kier alpha value is -2.38. The fraction of sp³-hybridized carbons (Fsp3) is 0.381. The number of anilines is 1. The molecule has 6 nitrogen and oxygen atoms in total. The van der Waals surface area contributed by atoms with E-state index in [-0.39, 0.29) is 11.8 Å². The summed E-state index contributed by atoms with van der Waals surface area (Å²) in [6.07, 6.45) is 0.982. The predicted molar refractivity (Wildman–Crippen MR) is 109 cm³/mol. The van der Waals surface area contributed by atoms with Gasteiger partial charge < -0.3 is 10.1 Å². The second-order valence-corrected chi connectivity index (χ2v) is 9.12. The fourth-order valence-corrected chi connectivity index (χ4v) is 4.84. The molecule has 150 valence electrons. The largest absolute Gasteiger partial charge is 0.495 e. The maximum absolute atomic E-state index is 12.8. The van der Waals surface area contributed by atoms with Crippen LogP contribution < -0.4 is 10.1 Å². The molecule has 0 aromatic heterocycles. The SMILES string of the molecule is COc1ccc(C)cc1NC(=O)C1CCN(S(=O)(=O)c2ccc(C)cc2)CC1. The van der Waals surface area contributed by atoms with Gasteiger partial charge in [0.15, 0.2) is 0 Å². The first-order valence-electron chi connectivity index (χ1n) is 9.33. The Bertz CT molecular complexity index is 947. The number of nitrogens with one attached hydrogen (secondary N) is 1. The number of nitrogens with zero attached hydrogens (tertiary/aromatic N) is 1. The number of ether oxygens (including phenoxy) is 1. The molecule has 0 spiro atoms. The van der Waals surface area contributed by atoms with Gasteiger partial charge in [-0.2, -0.15) is 4.31 Å². The minimum absolute atomic E-state index is 0.101. The third-order valence-corrected chi connectivity index (χ3v) is 7.01. The van der Waals surface area contributed by atoms with Crippen molar-refractivity contribution in [3.63, 3.8) is 0 Å². The van der Waals surface area contributed by atoms with Gasteiger partial charge in [0.05, 0.1) is 17.7 Å². The van der Waals surface area contributed by atoms with Crippen LogP contribution in [0, 0.1) is 19.8 Å². The Morgan fingerprint density at radius 1 is 1.04 bits per heavy atom. The van der Waals surface area contributed by atoms with Crippen molar-refractivity contribution in [2.75, 3.05) is 25.5 Å². The average molecular weight is 403 g/mol. The van der Waals surface area contributed by atoms with Gasteiger partial charge in [0.2, 0.25) is 15.9 Å². The lowest BCUT2D eigenvalue weighted by atomic mass is 9.97. The van der Waals surface area contributed by atoms with Gasteiger partial charge in [-0.05, 0) is 56.5 Å². The van der Waals surface area contributed by atoms with Crippen LogP contribution in [0.5, 0.6) is 5.75 Å². The molecule has 1 N–H and O–H groups in total. The first kappa shape index (κ1) is 20.4. The number of piperidine rings is 1. The molecule has 1 aliphatic rings. The third-order valence-electron chi connectivity index (χ3n) is 5.10. The van der Waals surface area contributed by atoms with Crippen LogP contribution in [0.4, 0.5) is 5.69 Å². The Labute approximate surface area is 166 Å².